The number of aliphatic hydroxyl groups excluding tert-OH is 1. The van der Waals surface area contributed by atoms with Gasteiger partial charge in [-0.2, -0.15) is 10.3 Å². The van der Waals surface area contributed by atoms with Crippen molar-refractivity contribution >= 4 is 23.4 Å². The summed E-state index contributed by atoms with van der Waals surface area (Å²) in [6.45, 7) is 2.45. The summed E-state index contributed by atoms with van der Waals surface area (Å²) in [5.41, 5.74) is 0. The van der Waals surface area contributed by atoms with Crippen LogP contribution in [0.2, 0.25) is 0 Å². The number of anilines is 2. The average Bonchev–Trinajstić information content (AvgIpc) is 3.06. The molecule has 2 aromatic heterocycles. The smallest absolute Gasteiger partial charge is 0.138 e. The largest absolute Gasteiger partial charge is 0.393 e. The predicted molar refractivity (Wildman–Crippen MR) is 85.1 cm³/mol. The van der Waals surface area contributed by atoms with E-state index in [4.69, 9.17) is 0 Å². The Labute approximate surface area is 132 Å². The van der Waals surface area contributed by atoms with E-state index >= 15 is 0 Å². The lowest BCUT2D eigenvalue weighted by molar-refractivity contribution is 0.145. The van der Waals surface area contributed by atoms with Gasteiger partial charge in [0.2, 0.25) is 0 Å². The lowest BCUT2D eigenvalue weighted by Crippen LogP contribution is -2.36. The Kier molecular flexibility index (Phi) is 5.07. The molecule has 22 heavy (non-hydrogen) atoms. The third-order valence-corrected chi connectivity index (χ3v) is 4.39. The average molecular weight is 321 g/mol. The molecule has 0 aromatic carbocycles. The fraction of sp³-hybridized carbons (Fsp3) is 0.538. The van der Waals surface area contributed by atoms with E-state index in [2.05, 4.69) is 35.6 Å². The number of thioether (sulfide) groups is 1. The number of aromatic nitrogens is 5. The van der Waals surface area contributed by atoms with Crippen LogP contribution in [0, 0.1) is 0 Å². The van der Waals surface area contributed by atoms with Crippen molar-refractivity contribution in [2.24, 2.45) is 0 Å². The van der Waals surface area contributed by atoms with Crippen LogP contribution in [0.25, 0.3) is 0 Å². The lowest BCUT2D eigenvalue weighted by atomic mass is 10.1. The summed E-state index contributed by atoms with van der Waals surface area (Å²) in [5, 5.41) is 24.1. The standard InChI is InChI=1S/C13H19N7OS/c21-10-1-4-20(5-2-10)12-7-11(15-9-16-12)14-3-6-22-13-8-17-19-18-13/h7-10,21H,1-6H2,(H,14,15,16)(H,17,18,19). The van der Waals surface area contributed by atoms with Crippen molar-refractivity contribution in [1.29, 1.82) is 0 Å². The van der Waals surface area contributed by atoms with E-state index in [0.29, 0.717) is 0 Å². The summed E-state index contributed by atoms with van der Waals surface area (Å²) in [6, 6.07) is 1.96. The molecule has 0 unspecified atom stereocenters. The zero-order valence-corrected chi connectivity index (χ0v) is 13.0. The molecule has 0 aliphatic carbocycles. The van der Waals surface area contributed by atoms with Crippen molar-refractivity contribution < 1.29 is 5.11 Å². The number of aromatic amines is 1. The zero-order chi connectivity index (χ0) is 15.2. The van der Waals surface area contributed by atoms with Gasteiger partial charge in [0.25, 0.3) is 0 Å². The molecule has 3 N–H and O–H groups in total. The van der Waals surface area contributed by atoms with Crippen LogP contribution in [0.1, 0.15) is 12.8 Å². The van der Waals surface area contributed by atoms with E-state index in [1.807, 2.05) is 6.07 Å². The molecule has 1 fully saturated rings. The second kappa shape index (κ2) is 7.41. The van der Waals surface area contributed by atoms with Gasteiger partial charge < -0.3 is 15.3 Å². The molecule has 0 bridgehead atoms. The first-order valence-corrected chi connectivity index (χ1v) is 8.27. The maximum absolute atomic E-state index is 9.56. The number of nitrogens with zero attached hydrogens (tertiary/aromatic N) is 5. The molecular weight excluding hydrogens is 302 g/mol. The number of piperidine rings is 1. The third kappa shape index (κ3) is 4.08. The van der Waals surface area contributed by atoms with Crippen LogP contribution in [0.3, 0.4) is 0 Å². The van der Waals surface area contributed by atoms with E-state index in [-0.39, 0.29) is 6.10 Å². The molecule has 9 heteroatoms. The molecule has 3 rings (SSSR count). The summed E-state index contributed by atoms with van der Waals surface area (Å²) >= 11 is 1.63. The van der Waals surface area contributed by atoms with E-state index in [9.17, 15) is 5.11 Å². The molecule has 3 heterocycles. The molecule has 8 nitrogen and oxygen atoms in total. The van der Waals surface area contributed by atoms with E-state index in [0.717, 1.165) is 54.9 Å². The molecule has 0 amide bonds. The van der Waals surface area contributed by atoms with Crippen LogP contribution in [-0.4, -0.2) is 62.0 Å². The minimum atomic E-state index is -0.177. The summed E-state index contributed by atoms with van der Waals surface area (Å²) < 4.78 is 0. The first-order valence-electron chi connectivity index (χ1n) is 7.29. The highest BCUT2D eigenvalue weighted by molar-refractivity contribution is 7.99. The topological polar surface area (TPSA) is 103 Å². The number of nitrogens with one attached hydrogen (secondary N) is 2. The molecule has 2 aromatic rings. The Balaban J connectivity index is 1.48. The van der Waals surface area contributed by atoms with Gasteiger partial charge in [-0.15, -0.1) is 16.9 Å². The van der Waals surface area contributed by atoms with Crippen molar-refractivity contribution in [3.63, 3.8) is 0 Å². The molecule has 0 saturated carbocycles. The maximum Gasteiger partial charge on any atom is 0.138 e. The Morgan fingerprint density at radius 2 is 2.23 bits per heavy atom. The van der Waals surface area contributed by atoms with Crippen molar-refractivity contribution in [3.05, 3.63) is 18.6 Å². The van der Waals surface area contributed by atoms with Gasteiger partial charge >= 0.3 is 0 Å². The van der Waals surface area contributed by atoms with Gasteiger partial charge in [-0.3, -0.25) is 0 Å². The first kappa shape index (κ1) is 15.0. The zero-order valence-electron chi connectivity index (χ0n) is 12.1. The predicted octanol–water partition coefficient (Wildman–Crippen LogP) is 0.760. The lowest BCUT2D eigenvalue weighted by Gasteiger charge is -2.30. The minimum Gasteiger partial charge on any atom is -0.393 e. The molecule has 0 atom stereocenters. The Morgan fingerprint density at radius 1 is 1.36 bits per heavy atom. The SMILES string of the molecule is OC1CCN(c2cc(NCCSc3cn[nH]n3)ncn2)CC1. The van der Waals surface area contributed by atoms with Crippen molar-refractivity contribution in [3.8, 4) is 0 Å². The molecular formula is C13H19N7OS. The van der Waals surface area contributed by atoms with Gasteiger partial charge in [0.05, 0.1) is 12.3 Å². The Hall–Kier alpha value is -1.87. The van der Waals surface area contributed by atoms with Crippen molar-refractivity contribution in [2.45, 2.75) is 24.0 Å². The number of hydrogen-bond acceptors (Lipinski definition) is 8. The Bertz CT molecular complexity index is 572. The van der Waals surface area contributed by atoms with Crippen LogP contribution in [0.15, 0.2) is 23.6 Å². The number of hydrogen-bond donors (Lipinski definition) is 3. The molecule has 1 saturated heterocycles. The minimum absolute atomic E-state index is 0.177. The van der Waals surface area contributed by atoms with Gasteiger partial charge in [-0.1, -0.05) is 0 Å². The number of rotatable bonds is 6. The second-order valence-electron chi connectivity index (χ2n) is 5.06. The van der Waals surface area contributed by atoms with Crippen LogP contribution in [0.4, 0.5) is 11.6 Å². The highest BCUT2D eigenvalue weighted by Gasteiger charge is 2.18. The quantitative estimate of drug-likeness (QED) is 0.529. The summed E-state index contributed by atoms with van der Waals surface area (Å²) in [6.07, 6.45) is 4.69. The normalized spacial score (nSPS) is 16.0. The molecule has 1 aliphatic rings. The molecule has 118 valence electrons. The molecule has 1 aliphatic heterocycles. The van der Waals surface area contributed by atoms with Crippen LogP contribution in [-0.2, 0) is 0 Å². The number of H-pyrrole nitrogens is 1. The third-order valence-electron chi connectivity index (χ3n) is 3.49. The summed E-state index contributed by atoms with van der Waals surface area (Å²) in [4.78, 5) is 10.7. The van der Waals surface area contributed by atoms with Gasteiger partial charge in [0, 0.05) is 31.5 Å². The Morgan fingerprint density at radius 3 is 3.00 bits per heavy atom. The van der Waals surface area contributed by atoms with E-state index < -0.39 is 0 Å². The summed E-state index contributed by atoms with van der Waals surface area (Å²) in [5.74, 6) is 2.60. The fourth-order valence-corrected chi connectivity index (χ4v) is 2.95. The maximum atomic E-state index is 9.56. The second-order valence-corrected chi connectivity index (χ2v) is 6.18. The van der Waals surface area contributed by atoms with Gasteiger partial charge in [-0.05, 0) is 12.8 Å². The van der Waals surface area contributed by atoms with Crippen molar-refractivity contribution in [1.82, 2.24) is 25.4 Å². The highest BCUT2D eigenvalue weighted by Crippen LogP contribution is 2.19. The van der Waals surface area contributed by atoms with E-state index in [1.165, 1.54) is 0 Å². The van der Waals surface area contributed by atoms with E-state index in [1.54, 1.807) is 24.3 Å². The van der Waals surface area contributed by atoms with Crippen LogP contribution >= 0.6 is 11.8 Å². The summed E-state index contributed by atoms with van der Waals surface area (Å²) in [7, 11) is 0. The fourth-order valence-electron chi connectivity index (χ4n) is 2.31. The van der Waals surface area contributed by atoms with Gasteiger partial charge in [-0.25, -0.2) is 9.97 Å². The van der Waals surface area contributed by atoms with Crippen LogP contribution < -0.4 is 10.2 Å². The number of aliphatic hydroxyl groups is 1. The van der Waals surface area contributed by atoms with Gasteiger partial charge in [0.15, 0.2) is 0 Å². The highest BCUT2D eigenvalue weighted by atomic mass is 32.2. The first-order chi connectivity index (χ1) is 10.8. The monoisotopic (exact) mass is 321 g/mol. The van der Waals surface area contributed by atoms with Gasteiger partial charge in [0.1, 0.15) is 23.0 Å². The molecule has 0 spiro atoms. The molecule has 0 radical (unpaired) electrons. The van der Waals surface area contributed by atoms with Crippen LogP contribution in [0.5, 0.6) is 0 Å². The van der Waals surface area contributed by atoms with Crippen molar-refractivity contribution in [2.75, 3.05) is 35.6 Å².